The van der Waals surface area contributed by atoms with Crippen LogP contribution in [0.3, 0.4) is 0 Å². The molecule has 2 rings (SSSR count). The van der Waals surface area contributed by atoms with Gasteiger partial charge in [0.25, 0.3) is 0 Å². The summed E-state index contributed by atoms with van der Waals surface area (Å²) >= 11 is 0. The summed E-state index contributed by atoms with van der Waals surface area (Å²) in [5.41, 5.74) is 0.789. The minimum Gasteiger partial charge on any atom is -0.364 e. The fraction of sp³-hybridized carbons (Fsp3) is 0.500. The van der Waals surface area contributed by atoms with Gasteiger partial charge in [-0.1, -0.05) is 5.16 Å². The molecule has 0 aliphatic carbocycles. The molecular formula is C8H11N3O2. The van der Waals surface area contributed by atoms with Crippen molar-refractivity contribution < 1.29 is 9.32 Å². The van der Waals surface area contributed by atoms with Crippen LogP contribution in [0.5, 0.6) is 0 Å². The van der Waals surface area contributed by atoms with Crippen molar-refractivity contribution >= 4 is 6.03 Å². The molecule has 1 N–H and O–H groups in total. The molecular weight excluding hydrogens is 170 g/mol. The zero-order chi connectivity index (χ0) is 9.10. The Morgan fingerprint density at radius 1 is 1.69 bits per heavy atom. The lowest BCUT2D eigenvalue weighted by Gasteiger charge is -2.26. The number of nitrogens with one attached hydrogen (secondary N) is 1. The normalized spacial score (nSPS) is 17.2. The van der Waals surface area contributed by atoms with Crippen molar-refractivity contribution in [1.82, 2.24) is 15.4 Å². The number of nitrogens with zero attached hydrogens (tertiary/aromatic N) is 2. The highest BCUT2D eigenvalue weighted by Crippen LogP contribution is 2.05. The number of carbonyl (C=O) groups excluding carboxylic acids is 1. The van der Waals surface area contributed by atoms with Gasteiger partial charge in [-0.25, -0.2) is 4.79 Å². The predicted octanol–water partition coefficient (Wildman–Crippen LogP) is 0.590. The Bertz CT molecular complexity index is 284. The van der Waals surface area contributed by atoms with Crippen molar-refractivity contribution in [2.75, 3.05) is 13.1 Å². The standard InChI is InChI=1S/C8H11N3O2/c12-8-9-3-1-4-11(8)6-7-2-5-13-10-7/h2,5H,1,3-4,6H2,(H,9,12). The van der Waals surface area contributed by atoms with Crippen molar-refractivity contribution in [2.45, 2.75) is 13.0 Å². The third-order valence-corrected chi connectivity index (χ3v) is 2.01. The van der Waals surface area contributed by atoms with Crippen LogP contribution in [-0.4, -0.2) is 29.2 Å². The summed E-state index contributed by atoms with van der Waals surface area (Å²) in [6, 6.07) is 1.75. The first kappa shape index (κ1) is 8.10. The first-order valence-corrected chi connectivity index (χ1v) is 4.28. The van der Waals surface area contributed by atoms with Crippen LogP contribution < -0.4 is 5.32 Å². The first-order valence-electron chi connectivity index (χ1n) is 4.28. The number of amides is 2. The monoisotopic (exact) mass is 181 g/mol. The van der Waals surface area contributed by atoms with Crippen LogP contribution in [0.15, 0.2) is 16.9 Å². The Hall–Kier alpha value is -1.52. The second kappa shape index (κ2) is 3.47. The van der Waals surface area contributed by atoms with Gasteiger partial charge >= 0.3 is 6.03 Å². The average molecular weight is 181 g/mol. The van der Waals surface area contributed by atoms with Gasteiger partial charge in [-0.2, -0.15) is 0 Å². The lowest BCUT2D eigenvalue weighted by Crippen LogP contribution is -2.45. The highest BCUT2D eigenvalue weighted by atomic mass is 16.5. The van der Waals surface area contributed by atoms with Crippen LogP contribution >= 0.6 is 0 Å². The zero-order valence-electron chi connectivity index (χ0n) is 7.19. The van der Waals surface area contributed by atoms with E-state index in [2.05, 4.69) is 15.0 Å². The predicted molar refractivity (Wildman–Crippen MR) is 44.9 cm³/mol. The molecule has 1 fully saturated rings. The fourth-order valence-electron chi connectivity index (χ4n) is 1.34. The molecule has 1 saturated heterocycles. The Kier molecular flexibility index (Phi) is 2.16. The number of urea groups is 1. The second-order valence-electron chi connectivity index (χ2n) is 3.00. The fourth-order valence-corrected chi connectivity index (χ4v) is 1.34. The van der Waals surface area contributed by atoms with Gasteiger partial charge < -0.3 is 14.7 Å². The second-order valence-corrected chi connectivity index (χ2v) is 3.00. The number of hydrogen-bond acceptors (Lipinski definition) is 3. The molecule has 0 radical (unpaired) electrons. The van der Waals surface area contributed by atoms with E-state index in [-0.39, 0.29) is 6.03 Å². The van der Waals surface area contributed by atoms with E-state index >= 15 is 0 Å². The quantitative estimate of drug-likeness (QED) is 0.726. The van der Waals surface area contributed by atoms with E-state index in [9.17, 15) is 4.79 Å². The minimum absolute atomic E-state index is 0.0192. The van der Waals surface area contributed by atoms with Crippen LogP contribution in [0, 0.1) is 0 Å². The summed E-state index contributed by atoms with van der Waals surface area (Å²) in [5.74, 6) is 0. The van der Waals surface area contributed by atoms with Crippen LogP contribution in [-0.2, 0) is 6.54 Å². The van der Waals surface area contributed by atoms with E-state index < -0.39 is 0 Å². The van der Waals surface area contributed by atoms with Crippen molar-refractivity contribution in [3.05, 3.63) is 18.0 Å². The van der Waals surface area contributed by atoms with Gasteiger partial charge in [0.2, 0.25) is 0 Å². The van der Waals surface area contributed by atoms with Gasteiger partial charge in [-0.15, -0.1) is 0 Å². The van der Waals surface area contributed by atoms with E-state index in [1.54, 1.807) is 11.0 Å². The van der Waals surface area contributed by atoms with Crippen molar-refractivity contribution in [2.24, 2.45) is 0 Å². The number of rotatable bonds is 2. The SMILES string of the molecule is O=C1NCCCN1Cc1ccon1. The van der Waals surface area contributed by atoms with E-state index in [1.165, 1.54) is 6.26 Å². The maximum absolute atomic E-state index is 11.3. The van der Waals surface area contributed by atoms with Crippen molar-refractivity contribution in [3.8, 4) is 0 Å². The van der Waals surface area contributed by atoms with Crippen LogP contribution in [0.1, 0.15) is 12.1 Å². The molecule has 2 heterocycles. The van der Waals surface area contributed by atoms with Crippen LogP contribution in [0.2, 0.25) is 0 Å². The summed E-state index contributed by atoms with van der Waals surface area (Å²) in [6.07, 6.45) is 2.50. The Morgan fingerprint density at radius 2 is 2.62 bits per heavy atom. The molecule has 1 aliphatic heterocycles. The largest absolute Gasteiger partial charge is 0.364 e. The molecule has 0 bridgehead atoms. The molecule has 2 amide bonds. The van der Waals surface area contributed by atoms with Gasteiger partial charge in [0.05, 0.1) is 6.54 Å². The third-order valence-electron chi connectivity index (χ3n) is 2.01. The van der Waals surface area contributed by atoms with Gasteiger partial charge in [0.15, 0.2) is 0 Å². The third kappa shape index (κ3) is 1.80. The lowest BCUT2D eigenvalue weighted by molar-refractivity contribution is 0.181. The maximum Gasteiger partial charge on any atom is 0.317 e. The molecule has 1 aliphatic rings. The molecule has 0 unspecified atom stereocenters. The minimum atomic E-state index is -0.0192. The van der Waals surface area contributed by atoms with Gasteiger partial charge in [-0.3, -0.25) is 0 Å². The molecule has 5 heteroatoms. The van der Waals surface area contributed by atoms with Gasteiger partial charge in [0.1, 0.15) is 12.0 Å². The Morgan fingerprint density at radius 3 is 3.31 bits per heavy atom. The molecule has 0 saturated carbocycles. The number of hydrogen-bond donors (Lipinski definition) is 1. The highest BCUT2D eigenvalue weighted by Gasteiger charge is 2.17. The van der Waals surface area contributed by atoms with Crippen molar-refractivity contribution in [1.29, 1.82) is 0 Å². The van der Waals surface area contributed by atoms with Crippen molar-refractivity contribution in [3.63, 3.8) is 0 Å². The number of carbonyl (C=O) groups is 1. The Balaban J connectivity index is 1.97. The summed E-state index contributed by atoms with van der Waals surface area (Å²) < 4.78 is 4.68. The van der Waals surface area contributed by atoms with E-state index in [4.69, 9.17) is 0 Å². The summed E-state index contributed by atoms with van der Waals surface area (Å²) in [7, 11) is 0. The Labute approximate surface area is 75.7 Å². The summed E-state index contributed by atoms with van der Waals surface area (Å²) in [4.78, 5) is 13.0. The number of aromatic nitrogens is 1. The first-order chi connectivity index (χ1) is 6.36. The molecule has 1 aromatic rings. The van der Waals surface area contributed by atoms with Gasteiger partial charge in [0, 0.05) is 19.2 Å². The smallest absolute Gasteiger partial charge is 0.317 e. The molecule has 13 heavy (non-hydrogen) atoms. The zero-order valence-corrected chi connectivity index (χ0v) is 7.19. The van der Waals surface area contributed by atoms with E-state index in [1.807, 2.05) is 0 Å². The molecule has 5 nitrogen and oxygen atoms in total. The topological polar surface area (TPSA) is 58.4 Å². The van der Waals surface area contributed by atoms with E-state index in [0.717, 1.165) is 25.2 Å². The summed E-state index contributed by atoms with van der Waals surface area (Å²) in [5, 5.41) is 6.52. The molecule has 0 spiro atoms. The van der Waals surface area contributed by atoms with Crippen LogP contribution in [0.25, 0.3) is 0 Å². The molecule has 1 aromatic heterocycles. The maximum atomic E-state index is 11.3. The van der Waals surface area contributed by atoms with Gasteiger partial charge in [-0.05, 0) is 6.42 Å². The highest BCUT2D eigenvalue weighted by molar-refractivity contribution is 5.74. The molecule has 0 atom stereocenters. The molecule has 70 valence electrons. The van der Waals surface area contributed by atoms with E-state index in [0.29, 0.717) is 6.54 Å². The summed E-state index contributed by atoms with van der Waals surface area (Å²) in [6.45, 7) is 2.09. The van der Waals surface area contributed by atoms with Crippen LogP contribution in [0.4, 0.5) is 4.79 Å². The average Bonchev–Trinajstić information content (AvgIpc) is 2.61. The lowest BCUT2D eigenvalue weighted by atomic mass is 10.3. The molecule has 0 aromatic carbocycles.